The second-order valence-electron chi connectivity index (χ2n) is 7.70. The minimum atomic E-state index is -1.70. The smallest absolute Gasteiger partial charge is 0.428 e. The van der Waals surface area contributed by atoms with Crippen LogP contribution in [0.5, 0.6) is 0 Å². The molecule has 1 aliphatic heterocycles. The Morgan fingerprint density at radius 1 is 1.12 bits per heavy atom. The van der Waals surface area contributed by atoms with Gasteiger partial charge in [-0.3, -0.25) is 0 Å². The second-order valence-corrected chi connectivity index (χ2v) is 7.70. The number of halogens is 2. The van der Waals surface area contributed by atoms with E-state index in [-0.39, 0.29) is 0 Å². The molecular weight excluding hydrogens is 338 g/mol. The highest BCUT2D eigenvalue weighted by atomic mass is 19.1. The van der Waals surface area contributed by atoms with Crippen LogP contribution in [0.3, 0.4) is 0 Å². The Morgan fingerprint density at radius 2 is 1.56 bits per heavy atom. The molecule has 25 heavy (non-hydrogen) atoms. The number of hydrogen-bond donors (Lipinski definition) is 0. The fraction of sp³-hybridized carbons (Fsp3) is 0.812. The molecular formula is C16H26F2N2O5. The summed E-state index contributed by atoms with van der Waals surface area (Å²) in [5.41, 5.74) is -1.83. The quantitative estimate of drug-likeness (QED) is 0.710. The molecule has 0 bridgehead atoms. The number of carbonyl (C=O) groups excluding carboxylic acids is 2. The largest absolute Gasteiger partial charge is 0.455 e. The molecule has 0 aromatic carbocycles. The highest BCUT2D eigenvalue weighted by Crippen LogP contribution is 2.22. The molecule has 9 heteroatoms. The van der Waals surface area contributed by atoms with Gasteiger partial charge in [0.2, 0.25) is 0 Å². The average Bonchev–Trinajstić information content (AvgIpc) is 2.38. The summed E-state index contributed by atoms with van der Waals surface area (Å²) >= 11 is 0. The number of carbonyl (C=O) groups is 2. The lowest BCUT2D eigenvalue weighted by Gasteiger charge is -2.33. The normalized spacial score (nSPS) is 24.0. The number of rotatable bonds is 1. The Hall–Kier alpha value is -1.93. The van der Waals surface area contributed by atoms with E-state index in [4.69, 9.17) is 14.2 Å². The first-order valence-electron chi connectivity index (χ1n) is 7.95. The predicted molar refractivity (Wildman–Crippen MR) is 86.9 cm³/mol. The van der Waals surface area contributed by atoms with Crippen molar-refractivity contribution in [1.29, 1.82) is 0 Å². The van der Waals surface area contributed by atoms with Crippen molar-refractivity contribution in [1.82, 2.24) is 4.90 Å². The van der Waals surface area contributed by atoms with E-state index < -0.39 is 54.4 Å². The van der Waals surface area contributed by atoms with Gasteiger partial charge < -0.3 is 14.2 Å². The molecule has 0 aromatic heterocycles. The van der Waals surface area contributed by atoms with Crippen LogP contribution in [0.4, 0.5) is 18.4 Å². The number of amidine groups is 1. The van der Waals surface area contributed by atoms with E-state index in [1.807, 2.05) is 0 Å². The summed E-state index contributed by atoms with van der Waals surface area (Å²) in [5, 5.41) is 0. The lowest BCUT2D eigenvalue weighted by molar-refractivity contribution is -0.00651. The summed E-state index contributed by atoms with van der Waals surface area (Å²) < 4.78 is 42.3. The Labute approximate surface area is 146 Å². The SMILES string of the molecule is C[C@@H]1N=C(N(C(=O)OC(C)(C)C)C(=O)OC(C)(C)C)O[C@H](CF)[C@@H]1F. The van der Waals surface area contributed by atoms with Gasteiger partial charge in [0.15, 0.2) is 12.3 Å². The molecule has 1 aliphatic rings. The van der Waals surface area contributed by atoms with E-state index in [1.54, 1.807) is 41.5 Å². The van der Waals surface area contributed by atoms with Crippen molar-refractivity contribution in [3.63, 3.8) is 0 Å². The Morgan fingerprint density at radius 3 is 1.92 bits per heavy atom. The molecule has 0 aromatic rings. The number of nitrogens with zero attached hydrogens (tertiary/aromatic N) is 2. The maximum Gasteiger partial charge on any atom is 0.428 e. The van der Waals surface area contributed by atoms with Crippen LogP contribution in [0, 0.1) is 0 Å². The minimum absolute atomic E-state index is 0.418. The Bertz CT molecular complexity index is 512. The predicted octanol–water partition coefficient (Wildman–Crippen LogP) is 3.61. The van der Waals surface area contributed by atoms with Gasteiger partial charge in [0.1, 0.15) is 17.9 Å². The van der Waals surface area contributed by atoms with Crippen molar-refractivity contribution < 1.29 is 32.6 Å². The third-order valence-electron chi connectivity index (χ3n) is 2.88. The van der Waals surface area contributed by atoms with E-state index >= 15 is 0 Å². The zero-order chi connectivity index (χ0) is 19.6. The number of aliphatic imine (C=N–C) groups is 1. The molecule has 0 N–H and O–H groups in total. The number of imide groups is 1. The topological polar surface area (TPSA) is 77.4 Å². The first kappa shape index (κ1) is 21.1. The second kappa shape index (κ2) is 7.53. The van der Waals surface area contributed by atoms with Crippen LogP contribution < -0.4 is 0 Å². The number of hydrogen-bond acceptors (Lipinski definition) is 6. The summed E-state index contributed by atoms with van der Waals surface area (Å²) in [6.45, 7) is 9.87. The third kappa shape index (κ3) is 6.13. The van der Waals surface area contributed by atoms with Crippen LogP contribution in [0.1, 0.15) is 48.5 Å². The molecule has 0 unspecified atom stereocenters. The van der Waals surface area contributed by atoms with Crippen molar-refractivity contribution in [2.24, 2.45) is 4.99 Å². The van der Waals surface area contributed by atoms with Gasteiger partial charge in [-0.05, 0) is 48.5 Å². The minimum Gasteiger partial charge on any atom is -0.455 e. The van der Waals surface area contributed by atoms with Crippen LogP contribution in [0.15, 0.2) is 4.99 Å². The summed E-state index contributed by atoms with van der Waals surface area (Å²) in [7, 11) is 0. The molecule has 0 spiro atoms. The monoisotopic (exact) mass is 364 g/mol. The lowest BCUT2D eigenvalue weighted by atomic mass is 10.1. The van der Waals surface area contributed by atoms with Gasteiger partial charge in [-0.25, -0.2) is 23.4 Å². The van der Waals surface area contributed by atoms with Gasteiger partial charge >= 0.3 is 18.2 Å². The summed E-state index contributed by atoms with van der Waals surface area (Å²) in [6.07, 6.45) is -5.40. The molecule has 1 rings (SSSR count). The van der Waals surface area contributed by atoms with Gasteiger partial charge in [-0.1, -0.05) is 0 Å². The molecule has 2 amide bonds. The fourth-order valence-corrected chi connectivity index (χ4v) is 1.86. The highest BCUT2D eigenvalue weighted by Gasteiger charge is 2.42. The molecule has 0 saturated carbocycles. The standard InChI is InChI=1S/C16H26F2N2O5/c1-9-11(18)10(8-17)23-12(19-9)20(13(21)24-15(2,3)4)14(22)25-16(5,6)7/h9-11H,8H2,1-7H3/t9-,10+,11+/m0/s1. The van der Waals surface area contributed by atoms with Crippen LogP contribution >= 0.6 is 0 Å². The van der Waals surface area contributed by atoms with Gasteiger partial charge in [0.25, 0.3) is 0 Å². The van der Waals surface area contributed by atoms with Crippen LogP contribution in [-0.4, -0.2) is 59.3 Å². The molecule has 0 aliphatic carbocycles. The number of amides is 2. The molecule has 1 heterocycles. The Kier molecular flexibility index (Phi) is 6.36. The molecule has 0 fully saturated rings. The maximum atomic E-state index is 13.9. The summed E-state index contributed by atoms with van der Waals surface area (Å²) in [5.74, 6) is 0. The number of ether oxygens (including phenoxy) is 3. The maximum absolute atomic E-state index is 13.9. The van der Waals surface area contributed by atoms with Crippen molar-refractivity contribution in [2.45, 2.75) is 78.0 Å². The van der Waals surface area contributed by atoms with E-state index in [2.05, 4.69) is 4.99 Å². The summed E-state index contributed by atoms with van der Waals surface area (Å²) in [4.78, 5) is 29.1. The van der Waals surface area contributed by atoms with Gasteiger partial charge in [0, 0.05) is 0 Å². The summed E-state index contributed by atoms with van der Waals surface area (Å²) in [6, 6.07) is -1.55. The van der Waals surface area contributed by atoms with Crippen LogP contribution in [-0.2, 0) is 14.2 Å². The van der Waals surface area contributed by atoms with Crippen LogP contribution in [0.25, 0.3) is 0 Å². The van der Waals surface area contributed by atoms with E-state index in [9.17, 15) is 18.4 Å². The molecule has 0 radical (unpaired) electrons. The average molecular weight is 364 g/mol. The first-order valence-corrected chi connectivity index (χ1v) is 7.95. The van der Waals surface area contributed by atoms with Crippen LogP contribution in [0.2, 0.25) is 0 Å². The molecule has 0 saturated heterocycles. The van der Waals surface area contributed by atoms with Crippen molar-refractivity contribution in [3.8, 4) is 0 Å². The molecule has 3 atom stereocenters. The van der Waals surface area contributed by atoms with Gasteiger partial charge in [-0.15, -0.1) is 4.90 Å². The van der Waals surface area contributed by atoms with Crippen molar-refractivity contribution in [2.75, 3.05) is 6.67 Å². The highest BCUT2D eigenvalue weighted by molar-refractivity contribution is 6.06. The van der Waals surface area contributed by atoms with Gasteiger partial charge in [0.05, 0.1) is 6.04 Å². The molecule has 7 nitrogen and oxygen atoms in total. The van der Waals surface area contributed by atoms with E-state index in [0.717, 1.165) is 0 Å². The van der Waals surface area contributed by atoms with E-state index in [0.29, 0.717) is 4.90 Å². The fourth-order valence-electron chi connectivity index (χ4n) is 1.86. The zero-order valence-corrected chi connectivity index (χ0v) is 15.6. The van der Waals surface area contributed by atoms with E-state index in [1.165, 1.54) is 6.92 Å². The zero-order valence-electron chi connectivity index (χ0n) is 15.6. The molecule has 144 valence electrons. The Balaban J connectivity index is 3.20. The third-order valence-corrected chi connectivity index (χ3v) is 2.88. The number of alkyl halides is 2. The first-order chi connectivity index (χ1) is 11.2. The van der Waals surface area contributed by atoms with Gasteiger partial charge in [-0.2, -0.15) is 0 Å². The van der Waals surface area contributed by atoms with Crippen molar-refractivity contribution in [3.05, 3.63) is 0 Å². The van der Waals surface area contributed by atoms with Crippen molar-refractivity contribution >= 4 is 18.2 Å². The lowest BCUT2D eigenvalue weighted by Crippen LogP contribution is -2.53.